The topological polar surface area (TPSA) is 87.2 Å². The van der Waals surface area contributed by atoms with Gasteiger partial charge in [-0.2, -0.15) is 5.26 Å². The van der Waals surface area contributed by atoms with Gasteiger partial charge in [-0.15, -0.1) is 0 Å². The Morgan fingerprint density at radius 2 is 1.91 bits per heavy atom. The maximum Gasteiger partial charge on any atom is 0.238 e. The highest BCUT2D eigenvalue weighted by atomic mass is 32.2. The summed E-state index contributed by atoms with van der Waals surface area (Å²) in [5.41, 5.74) is 2.44. The third kappa shape index (κ3) is 4.17. The maximum atomic E-state index is 11.5. The van der Waals surface area contributed by atoms with Crippen molar-refractivity contribution in [2.24, 2.45) is 5.14 Å². The number of nitrogens with two attached hydrogens (primary N) is 1. The van der Waals surface area contributed by atoms with Crippen molar-refractivity contribution in [2.45, 2.75) is 24.4 Å². The van der Waals surface area contributed by atoms with Crippen molar-refractivity contribution < 1.29 is 8.42 Å². The summed E-state index contributed by atoms with van der Waals surface area (Å²) in [6.07, 6.45) is 0. The molecule has 5 nitrogen and oxygen atoms in total. The second kappa shape index (κ2) is 6.92. The van der Waals surface area contributed by atoms with Gasteiger partial charge < -0.3 is 0 Å². The monoisotopic (exact) mass is 329 g/mol. The maximum absolute atomic E-state index is 11.5. The lowest BCUT2D eigenvalue weighted by atomic mass is 10.0. The van der Waals surface area contributed by atoms with Crippen LogP contribution in [0.4, 0.5) is 0 Å². The van der Waals surface area contributed by atoms with Gasteiger partial charge in [0.2, 0.25) is 10.0 Å². The molecule has 0 heterocycles. The average Bonchev–Trinajstić information content (AvgIpc) is 2.54. The third-order valence-electron chi connectivity index (χ3n) is 3.89. The van der Waals surface area contributed by atoms with Crippen molar-refractivity contribution in [1.29, 1.82) is 5.26 Å². The van der Waals surface area contributed by atoms with Gasteiger partial charge in [0.15, 0.2) is 0 Å². The fourth-order valence-electron chi connectivity index (χ4n) is 2.38. The number of benzene rings is 2. The Bertz CT molecular complexity index is 841. The number of nitrogens with zero attached hydrogens (tertiary/aromatic N) is 2. The van der Waals surface area contributed by atoms with Gasteiger partial charge in [0, 0.05) is 12.6 Å². The third-order valence-corrected chi connectivity index (χ3v) is 4.80. The second-order valence-electron chi connectivity index (χ2n) is 5.48. The number of primary sulfonamides is 1. The lowest BCUT2D eigenvalue weighted by Gasteiger charge is -2.25. The van der Waals surface area contributed by atoms with E-state index < -0.39 is 10.0 Å². The van der Waals surface area contributed by atoms with E-state index in [9.17, 15) is 8.42 Å². The van der Waals surface area contributed by atoms with Gasteiger partial charge in [-0.25, -0.2) is 13.6 Å². The molecule has 0 saturated carbocycles. The molecule has 0 radical (unpaired) electrons. The minimum atomic E-state index is -3.72. The van der Waals surface area contributed by atoms with Gasteiger partial charge in [0.05, 0.1) is 16.5 Å². The number of nitriles is 1. The van der Waals surface area contributed by atoms with E-state index >= 15 is 0 Å². The van der Waals surface area contributed by atoms with Crippen LogP contribution in [-0.2, 0) is 16.6 Å². The first-order chi connectivity index (χ1) is 10.8. The van der Waals surface area contributed by atoms with Gasteiger partial charge in [-0.05, 0) is 43.3 Å². The van der Waals surface area contributed by atoms with E-state index in [1.54, 1.807) is 18.2 Å². The summed E-state index contributed by atoms with van der Waals surface area (Å²) in [4.78, 5) is 2.16. The molecule has 0 bridgehead atoms. The minimum Gasteiger partial charge on any atom is -0.295 e. The standard InChI is InChI=1S/C17H19N3O2S/c1-13(14-8-5-9-17(10-14)23(19,21)22)20(2)12-16-7-4-3-6-15(16)11-18/h3-10,13H,12H2,1-2H3,(H2,19,21,22). The highest BCUT2D eigenvalue weighted by molar-refractivity contribution is 7.89. The molecule has 120 valence electrons. The molecule has 0 aromatic heterocycles. The molecule has 23 heavy (non-hydrogen) atoms. The quantitative estimate of drug-likeness (QED) is 0.912. The summed E-state index contributed by atoms with van der Waals surface area (Å²) in [6.45, 7) is 2.57. The van der Waals surface area contributed by atoms with Crippen molar-refractivity contribution in [3.63, 3.8) is 0 Å². The first-order valence-electron chi connectivity index (χ1n) is 7.14. The molecular formula is C17H19N3O2S. The molecule has 0 spiro atoms. The van der Waals surface area contributed by atoms with Crippen LogP contribution < -0.4 is 5.14 Å². The van der Waals surface area contributed by atoms with Crippen LogP contribution in [0.15, 0.2) is 53.4 Å². The Morgan fingerprint density at radius 1 is 1.22 bits per heavy atom. The van der Waals surface area contributed by atoms with Crippen molar-refractivity contribution in [3.05, 3.63) is 65.2 Å². The zero-order valence-electron chi connectivity index (χ0n) is 13.1. The van der Waals surface area contributed by atoms with Gasteiger partial charge in [-0.1, -0.05) is 30.3 Å². The highest BCUT2D eigenvalue weighted by Crippen LogP contribution is 2.23. The molecular weight excluding hydrogens is 310 g/mol. The molecule has 2 rings (SSSR count). The summed E-state index contributed by atoms with van der Waals surface area (Å²) in [6, 6.07) is 16.2. The molecule has 0 amide bonds. The smallest absolute Gasteiger partial charge is 0.238 e. The molecule has 0 saturated heterocycles. The van der Waals surface area contributed by atoms with Crippen LogP contribution >= 0.6 is 0 Å². The fraction of sp³-hybridized carbons (Fsp3) is 0.235. The SMILES string of the molecule is CC(c1cccc(S(N)(=O)=O)c1)N(C)Cc1ccccc1C#N. The van der Waals surface area contributed by atoms with Crippen molar-refractivity contribution in [2.75, 3.05) is 7.05 Å². The summed E-state index contributed by atoms with van der Waals surface area (Å²) in [5, 5.41) is 14.3. The van der Waals surface area contributed by atoms with E-state index in [1.807, 2.05) is 38.2 Å². The van der Waals surface area contributed by atoms with Crippen molar-refractivity contribution >= 4 is 10.0 Å². The Morgan fingerprint density at radius 3 is 2.57 bits per heavy atom. The molecule has 1 unspecified atom stereocenters. The Balaban J connectivity index is 2.23. The molecule has 2 aromatic rings. The Hall–Kier alpha value is -2.20. The number of hydrogen-bond donors (Lipinski definition) is 1. The number of sulfonamides is 1. The Labute approximate surface area is 137 Å². The van der Waals surface area contributed by atoms with E-state index in [0.29, 0.717) is 12.1 Å². The minimum absolute atomic E-state index is 0.0246. The van der Waals surface area contributed by atoms with Crippen LogP contribution in [-0.4, -0.2) is 20.4 Å². The second-order valence-corrected chi connectivity index (χ2v) is 7.04. The van der Waals surface area contributed by atoms with E-state index in [-0.39, 0.29) is 10.9 Å². The van der Waals surface area contributed by atoms with Crippen molar-refractivity contribution in [3.8, 4) is 6.07 Å². The first-order valence-corrected chi connectivity index (χ1v) is 8.68. The van der Waals surface area contributed by atoms with Gasteiger partial charge in [0.1, 0.15) is 0 Å². The van der Waals surface area contributed by atoms with Crippen LogP contribution in [0.3, 0.4) is 0 Å². The van der Waals surface area contributed by atoms with Gasteiger partial charge >= 0.3 is 0 Å². The fourth-order valence-corrected chi connectivity index (χ4v) is 2.95. The molecule has 2 aromatic carbocycles. The number of hydrogen-bond acceptors (Lipinski definition) is 4. The van der Waals surface area contributed by atoms with E-state index in [1.165, 1.54) is 6.07 Å². The molecule has 1 atom stereocenters. The molecule has 0 fully saturated rings. The molecule has 2 N–H and O–H groups in total. The predicted molar refractivity (Wildman–Crippen MR) is 88.9 cm³/mol. The lowest BCUT2D eigenvalue weighted by molar-refractivity contribution is 0.252. The molecule has 0 aliphatic heterocycles. The van der Waals surface area contributed by atoms with E-state index in [0.717, 1.165) is 11.1 Å². The van der Waals surface area contributed by atoms with Crippen LogP contribution in [0, 0.1) is 11.3 Å². The van der Waals surface area contributed by atoms with Crippen molar-refractivity contribution in [1.82, 2.24) is 4.90 Å². The van der Waals surface area contributed by atoms with E-state index in [4.69, 9.17) is 10.4 Å². The summed E-state index contributed by atoms with van der Waals surface area (Å²) in [7, 11) is -1.78. The van der Waals surface area contributed by atoms with E-state index in [2.05, 4.69) is 11.0 Å². The van der Waals surface area contributed by atoms with Crippen LogP contribution in [0.2, 0.25) is 0 Å². The number of rotatable bonds is 5. The molecule has 0 aliphatic rings. The lowest BCUT2D eigenvalue weighted by Crippen LogP contribution is -2.23. The highest BCUT2D eigenvalue weighted by Gasteiger charge is 2.16. The van der Waals surface area contributed by atoms with Crippen LogP contribution in [0.1, 0.15) is 29.7 Å². The summed E-state index contributed by atoms with van der Waals surface area (Å²) >= 11 is 0. The Kier molecular flexibility index (Phi) is 5.16. The molecule has 0 aliphatic carbocycles. The summed E-state index contributed by atoms with van der Waals surface area (Å²) < 4.78 is 23.0. The van der Waals surface area contributed by atoms with Gasteiger partial charge in [-0.3, -0.25) is 4.90 Å². The largest absolute Gasteiger partial charge is 0.295 e. The normalized spacial score (nSPS) is 12.8. The van der Waals surface area contributed by atoms with Gasteiger partial charge in [0.25, 0.3) is 0 Å². The zero-order chi connectivity index (χ0) is 17.0. The molecule has 6 heteroatoms. The summed E-state index contributed by atoms with van der Waals surface area (Å²) in [5.74, 6) is 0. The zero-order valence-corrected chi connectivity index (χ0v) is 13.9. The van der Waals surface area contributed by atoms with Crippen LogP contribution in [0.25, 0.3) is 0 Å². The van der Waals surface area contributed by atoms with Crippen LogP contribution in [0.5, 0.6) is 0 Å². The first kappa shape index (κ1) is 17.2. The predicted octanol–water partition coefficient (Wildman–Crippen LogP) is 2.40. The average molecular weight is 329 g/mol.